The third-order valence-electron chi connectivity index (χ3n) is 9.86. The van der Waals surface area contributed by atoms with Crippen LogP contribution in [0.2, 0.25) is 0 Å². The molecule has 0 aliphatic carbocycles. The van der Waals surface area contributed by atoms with Gasteiger partial charge in [-0.25, -0.2) is 4.79 Å². The first-order valence-electron chi connectivity index (χ1n) is 20.3. The van der Waals surface area contributed by atoms with E-state index in [-0.39, 0.29) is 56.4 Å². The molecule has 0 spiro atoms. The molecule has 0 unspecified atom stereocenters. The number of para-hydroxylation sites is 1. The van der Waals surface area contributed by atoms with Gasteiger partial charge >= 0.3 is 11.9 Å². The predicted octanol–water partition coefficient (Wildman–Crippen LogP) is -3.59. The molecule has 1 aromatic carbocycles. The Bertz CT molecular complexity index is 1960. The summed E-state index contributed by atoms with van der Waals surface area (Å²) in [6, 6.07) is 0.00797. The number of hydrogen-bond donors (Lipinski definition) is 17. The maximum atomic E-state index is 14.2. The van der Waals surface area contributed by atoms with Gasteiger partial charge in [0.25, 0.3) is 0 Å². The number of H-pyrrole nitrogens is 1. The molecular weight excluding hydrogens is 845 g/mol. The van der Waals surface area contributed by atoms with Gasteiger partial charge in [-0.3, -0.25) is 44.4 Å². The molecule has 0 bridgehead atoms. The Morgan fingerprint density at radius 1 is 0.746 bits per heavy atom. The molecule has 1 saturated heterocycles. The van der Waals surface area contributed by atoms with Crippen LogP contribution in [0.15, 0.2) is 30.5 Å². The molecule has 0 saturated carbocycles. The van der Waals surface area contributed by atoms with E-state index in [4.69, 9.17) is 27.4 Å². The molecule has 18 N–H and O–H groups in total. The lowest BCUT2D eigenvalue weighted by molar-refractivity contribution is -0.143. The minimum absolute atomic E-state index is 0.0651. The van der Waals surface area contributed by atoms with Crippen molar-refractivity contribution in [1.82, 2.24) is 52.8 Å². The van der Waals surface area contributed by atoms with E-state index in [0.717, 1.165) is 17.3 Å². The molecule has 63 heavy (non-hydrogen) atoms. The fraction of sp³-hybridized carbons (Fsp3) is 0.526. The number of carbonyl (C=O) groups is 8. The van der Waals surface area contributed by atoms with Crippen LogP contribution in [0.4, 0.5) is 0 Å². The lowest BCUT2D eigenvalue weighted by Gasteiger charge is -2.26. The van der Waals surface area contributed by atoms with E-state index < -0.39 is 103 Å². The second kappa shape index (κ2) is 26.0. The maximum Gasteiger partial charge on any atom is 0.326 e. The monoisotopic (exact) mass is 902 g/mol. The van der Waals surface area contributed by atoms with Crippen molar-refractivity contribution in [2.45, 2.75) is 94.0 Å². The van der Waals surface area contributed by atoms with Crippen molar-refractivity contribution in [2.24, 2.45) is 11.5 Å². The van der Waals surface area contributed by atoms with E-state index in [0.29, 0.717) is 24.9 Å². The molecule has 6 atom stereocenters. The highest BCUT2D eigenvalue weighted by Gasteiger charge is 2.33. The van der Waals surface area contributed by atoms with Crippen molar-refractivity contribution in [2.75, 3.05) is 31.9 Å². The van der Waals surface area contributed by atoms with Crippen molar-refractivity contribution in [3.63, 3.8) is 0 Å². The SMILES string of the molecule is N=C(N)NCCC[C@H](NC(=O)[C@H](Cc1c[nH]c2ccccc12)NC(=O)[C@H](CS)NC(=O)[C@H](CCCNC(=N)N)NC(=O)[C@@H]1CCCN1)C(=O)NCC(=O)N[C@@H](CCC(=O)O)C(=O)O. The Balaban J connectivity index is 1.83. The topological polar surface area (TPSA) is 401 Å². The van der Waals surface area contributed by atoms with Gasteiger partial charge < -0.3 is 74.5 Å². The van der Waals surface area contributed by atoms with Gasteiger partial charge in [0.15, 0.2) is 11.9 Å². The number of amides is 6. The van der Waals surface area contributed by atoms with Gasteiger partial charge in [0.05, 0.1) is 12.6 Å². The minimum Gasteiger partial charge on any atom is -0.481 e. The van der Waals surface area contributed by atoms with Crippen LogP contribution in [0, 0.1) is 10.8 Å². The third kappa shape index (κ3) is 17.7. The molecule has 0 radical (unpaired) electrons. The summed E-state index contributed by atoms with van der Waals surface area (Å²) < 4.78 is 0. The molecule has 1 aliphatic heterocycles. The average Bonchev–Trinajstić information content (AvgIpc) is 3.93. The number of benzene rings is 1. The summed E-state index contributed by atoms with van der Waals surface area (Å²) in [7, 11) is 0. The van der Waals surface area contributed by atoms with Gasteiger partial charge in [-0.15, -0.1) is 0 Å². The fourth-order valence-electron chi connectivity index (χ4n) is 6.58. The second-order valence-electron chi connectivity index (χ2n) is 14.7. The summed E-state index contributed by atoms with van der Waals surface area (Å²) in [4.78, 5) is 107. The quantitative estimate of drug-likeness (QED) is 0.0178. The molecule has 6 amide bonds. The number of thiol groups is 1. The van der Waals surface area contributed by atoms with Crippen LogP contribution in [-0.2, 0) is 44.8 Å². The zero-order valence-electron chi connectivity index (χ0n) is 34.5. The molecule has 24 nitrogen and oxygen atoms in total. The fourth-order valence-corrected chi connectivity index (χ4v) is 6.84. The largest absolute Gasteiger partial charge is 0.481 e. The Labute approximate surface area is 367 Å². The zero-order valence-corrected chi connectivity index (χ0v) is 35.4. The predicted molar refractivity (Wildman–Crippen MR) is 232 cm³/mol. The first-order chi connectivity index (χ1) is 30.0. The number of nitrogens with two attached hydrogens (primary N) is 2. The van der Waals surface area contributed by atoms with Crippen LogP contribution in [0.5, 0.6) is 0 Å². The van der Waals surface area contributed by atoms with Crippen LogP contribution in [0.1, 0.15) is 56.9 Å². The normalized spacial score (nSPS) is 15.6. The van der Waals surface area contributed by atoms with Gasteiger partial charge in [-0.2, -0.15) is 12.6 Å². The molecular formula is C38H58N14O10S. The molecule has 1 aromatic heterocycles. The van der Waals surface area contributed by atoms with E-state index in [1.807, 2.05) is 6.07 Å². The number of carbonyl (C=O) groups excluding carboxylic acids is 6. The molecule has 1 aliphatic rings. The number of hydrogen-bond acceptors (Lipinski definition) is 12. The lowest BCUT2D eigenvalue weighted by atomic mass is 10.0. The van der Waals surface area contributed by atoms with Crippen molar-refractivity contribution in [3.8, 4) is 0 Å². The first kappa shape index (κ1) is 50.7. The Morgan fingerprint density at radius 3 is 1.92 bits per heavy atom. The number of aromatic nitrogens is 1. The van der Waals surface area contributed by atoms with E-state index in [9.17, 15) is 43.5 Å². The van der Waals surface area contributed by atoms with E-state index in [2.05, 4.69) is 65.5 Å². The molecule has 3 rings (SSSR count). The van der Waals surface area contributed by atoms with Crippen LogP contribution in [0.3, 0.4) is 0 Å². The van der Waals surface area contributed by atoms with Crippen molar-refractivity contribution in [3.05, 3.63) is 36.0 Å². The smallest absolute Gasteiger partial charge is 0.326 e. The molecule has 2 heterocycles. The third-order valence-corrected chi connectivity index (χ3v) is 10.2. The van der Waals surface area contributed by atoms with Gasteiger partial charge in [0, 0.05) is 48.8 Å². The average molecular weight is 903 g/mol. The highest BCUT2D eigenvalue weighted by atomic mass is 32.1. The van der Waals surface area contributed by atoms with Crippen LogP contribution in [0.25, 0.3) is 10.9 Å². The number of rotatable bonds is 27. The highest BCUT2D eigenvalue weighted by Crippen LogP contribution is 2.19. The van der Waals surface area contributed by atoms with Crippen LogP contribution in [-0.4, -0.2) is 143 Å². The zero-order chi connectivity index (χ0) is 46.5. The van der Waals surface area contributed by atoms with Crippen molar-refractivity contribution in [1.29, 1.82) is 10.8 Å². The summed E-state index contributed by atoms with van der Waals surface area (Å²) in [6.07, 6.45) is 2.49. The van der Waals surface area contributed by atoms with E-state index in [1.54, 1.807) is 24.4 Å². The number of guanidine groups is 2. The Kier molecular flexibility index (Phi) is 20.9. The number of fused-ring (bicyclic) bond motifs is 1. The minimum atomic E-state index is -1.55. The number of carboxylic acids is 2. The van der Waals surface area contributed by atoms with Crippen LogP contribution >= 0.6 is 12.6 Å². The number of aromatic amines is 1. The van der Waals surface area contributed by atoms with E-state index in [1.165, 1.54) is 0 Å². The molecule has 346 valence electrons. The standard InChI is InChI=1S/C38H58N14O10S/c39-37(40)44-14-4-9-24(31(56)47-18-29(53)48-26(36(61)62)11-12-30(54)55)49-34(59)27(16-20-17-46-22-7-2-1-6-21(20)22)51-35(60)28(19-63)52-33(58)25(10-5-15-45-38(41)42)50-32(57)23-8-3-13-43-23/h1-2,6-7,17,23-28,43,46,63H,3-5,8-16,18-19H2,(H,47,56)(H,48,53)(H,49,59)(H,50,57)(H,51,60)(H,52,58)(H,54,55)(H,61,62)(H4,39,40,44)(H4,41,42,45)/t23-,24-,25-,26-,27-,28-/m0/s1. The summed E-state index contributed by atoms with van der Waals surface area (Å²) >= 11 is 4.30. The van der Waals surface area contributed by atoms with Gasteiger partial charge in [-0.05, 0) is 63.1 Å². The Hall–Kier alpha value is -6.63. The Morgan fingerprint density at radius 2 is 1.33 bits per heavy atom. The highest BCUT2D eigenvalue weighted by molar-refractivity contribution is 7.80. The molecule has 25 heteroatoms. The van der Waals surface area contributed by atoms with Gasteiger partial charge in [0.1, 0.15) is 30.2 Å². The van der Waals surface area contributed by atoms with E-state index >= 15 is 0 Å². The number of aliphatic carboxylic acids is 2. The first-order valence-corrected chi connectivity index (χ1v) is 20.9. The number of carboxylic acid groups (broad SMARTS) is 2. The van der Waals surface area contributed by atoms with Crippen LogP contribution < -0.4 is 59.3 Å². The summed E-state index contributed by atoms with van der Waals surface area (Å²) in [6.45, 7) is 0.248. The number of nitrogens with one attached hydrogen (secondary N) is 12. The maximum absolute atomic E-state index is 14.2. The van der Waals surface area contributed by atoms with Gasteiger partial charge in [-0.1, -0.05) is 18.2 Å². The summed E-state index contributed by atoms with van der Waals surface area (Å²) in [5.41, 5.74) is 12.1. The van der Waals surface area contributed by atoms with Gasteiger partial charge in [0.2, 0.25) is 35.4 Å². The summed E-state index contributed by atoms with van der Waals surface area (Å²) in [5.74, 6) is -8.17. The van der Waals surface area contributed by atoms with Crippen molar-refractivity contribution < 1.29 is 48.6 Å². The second-order valence-corrected chi connectivity index (χ2v) is 15.1. The molecule has 1 fully saturated rings. The molecule has 2 aromatic rings. The van der Waals surface area contributed by atoms with Crippen molar-refractivity contribution >= 4 is 82.8 Å². The summed E-state index contributed by atoms with van der Waals surface area (Å²) in [5, 5.41) is 57.3. The lowest BCUT2D eigenvalue weighted by Crippen LogP contribution is -2.60.